The molecule has 1 aromatic rings. The Morgan fingerprint density at radius 2 is 1.64 bits per heavy atom. The third kappa shape index (κ3) is 5.35. The van der Waals surface area contributed by atoms with Crippen LogP contribution >= 0.6 is 0 Å². The van der Waals surface area contributed by atoms with Crippen molar-refractivity contribution in [2.45, 2.75) is 32.9 Å². The van der Waals surface area contributed by atoms with Gasteiger partial charge in [-0.2, -0.15) is 0 Å². The molecule has 3 amide bonds. The third-order valence-electron chi connectivity index (χ3n) is 4.34. The molecule has 2 N–H and O–H groups in total. The highest BCUT2D eigenvalue weighted by Crippen LogP contribution is 2.21. The Morgan fingerprint density at radius 1 is 1.04 bits per heavy atom. The molecule has 1 aliphatic rings. The molecule has 1 atom stereocenters. The monoisotopic (exact) mass is 348 g/mol. The first-order valence-corrected chi connectivity index (χ1v) is 8.65. The fourth-order valence-electron chi connectivity index (χ4n) is 2.84. The first-order chi connectivity index (χ1) is 11.9. The van der Waals surface area contributed by atoms with Gasteiger partial charge < -0.3 is 15.0 Å². The van der Waals surface area contributed by atoms with Gasteiger partial charge in [-0.25, -0.2) is 4.79 Å². The molecule has 7 nitrogen and oxygen atoms in total. The molecule has 1 fully saturated rings. The van der Waals surface area contributed by atoms with E-state index in [1.807, 2.05) is 45.0 Å². The highest BCUT2D eigenvalue weighted by atomic mass is 16.5. The largest absolute Gasteiger partial charge is 0.497 e. The van der Waals surface area contributed by atoms with Crippen molar-refractivity contribution in [1.29, 1.82) is 0 Å². The molecular formula is C18H28N4O3. The number of hydrogen-bond acceptors (Lipinski definition) is 5. The van der Waals surface area contributed by atoms with Crippen molar-refractivity contribution in [2.24, 2.45) is 0 Å². The molecule has 0 bridgehead atoms. The van der Waals surface area contributed by atoms with Crippen LogP contribution in [-0.4, -0.2) is 62.2 Å². The summed E-state index contributed by atoms with van der Waals surface area (Å²) in [6.45, 7) is 8.75. The summed E-state index contributed by atoms with van der Waals surface area (Å²) in [4.78, 5) is 28.3. The van der Waals surface area contributed by atoms with Crippen molar-refractivity contribution in [3.8, 4) is 5.75 Å². The number of hydrogen-bond donors (Lipinski definition) is 2. The van der Waals surface area contributed by atoms with Gasteiger partial charge in [-0.05, 0) is 45.0 Å². The zero-order valence-electron chi connectivity index (χ0n) is 15.4. The average molecular weight is 348 g/mol. The van der Waals surface area contributed by atoms with Crippen LogP contribution in [0.5, 0.6) is 5.75 Å². The van der Waals surface area contributed by atoms with Crippen LogP contribution in [0.15, 0.2) is 24.3 Å². The van der Waals surface area contributed by atoms with Gasteiger partial charge in [-0.1, -0.05) is 0 Å². The second-order valence-electron chi connectivity index (χ2n) is 6.51. The second kappa shape index (κ2) is 8.71. The number of imide groups is 1. The average Bonchev–Trinajstić information content (AvgIpc) is 2.60. The molecule has 0 radical (unpaired) electrons. The number of piperazine rings is 1. The maximum absolute atomic E-state index is 12.2. The molecule has 138 valence electrons. The Bertz CT molecular complexity index is 580. The van der Waals surface area contributed by atoms with Gasteiger partial charge in [0.2, 0.25) is 5.91 Å². The Labute approximate surface area is 149 Å². The molecule has 0 spiro atoms. The van der Waals surface area contributed by atoms with Crippen molar-refractivity contribution in [3.63, 3.8) is 0 Å². The first kappa shape index (κ1) is 19.1. The van der Waals surface area contributed by atoms with E-state index in [1.54, 1.807) is 7.11 Å². The van der Waals surface area contributed by atoms with Gasteiger partial charge >= 0.3 is 6.03 Å². The normalized spacial score (nSPS) is 16.4. The number of methoxy groups -OCH3 is 1. The first-order valence-electron chi connectivity index (χ1n) is 8.65. The Morgan fingerprint density at radius 3 is 2.16 bits per heavy atom. The summed E-state index contributed by atoms with van der Waals surface area (Å²) in [5.74, 6) is 0.573. The van der Waals surface area contributed by atoms with E-state index < -0.39 is 6.03 Å². The number of nitrogens with one attached hydrogen (secondary N) is 2. The number of amides is 3. The van der Waals surface area contributed by atoms with Crippen molar-refractivity contribution in [3.05, 3.63) is 24.3 Å². The van der Waals surface area contributed by atoms with E-state index in [0.717, 1.165) is 37.6 Å². The lowest BCUT2D eigenvalue weighted by molar-refractivity contribution is -0.124. The van der Waals surface area contributed by atoms with E-state index in [0.29, 0.717) is 0 Å². The zero-order valence-corrected chi connectivity index (χ0v) is 15.4. The highest BCUT2D eigenvalue weighted by Gasteiger charge is 2.26. The van der Waals surface area contributed by atoms with Crippen LogP contribution in [0, 0.1) is 0 Å². The highest BCUT2D eigenvalue weighted by molar-refractivity contribution is 5.96. The molecule has 0 unspecified atom stereocenters. The summed E-state index contributed by atoms with van der Waals surface area (Å²) >= 11 is 0. The van der Waals surface area contributed by atoms with Gasteiger partial charge in [0.1, 0.15) is 5.75 Å². The summed E-state index contributed by atoms with van der Waals surface area (Å²) in [7, 11) is 1.65. The van der Waals surface area contributed by atoms with Gasteiger partial charge in [0.25, 0.3) is 0 Å². The fourth-order valence-corrected chi connectivity index (χ4v) is 2.84. The summed E-state index contributed by atoms with van der Waals surface area (Å²) in [5.41, 5.74) is 1.15. The number of ether oxygens (including phenoxy) is 1. The van der Waals surface area contributed by atoms with E-state index in [9.17, 15) is 9.59 Å². The van der Waals surface area contributed by atoms with Crippen LogP contribution in [-0.2, 0) is 4.79 Å². The number of carbonyl (C=O) groups excluding carboxylic acids is 2. The molecule has 1 heterocycles. The predicted molar refractivity (Wildman–Crippen MR) is 98.1 cm³/mol. The zero-order chi connectivity index (χ0) is 18.4. The predicted octanol–water partition coefficient (Wildman–Crippen LogP) is 1.44. The molecule has 1 saturated heterocycles. The summed E-state index contributed by atoms with van der Waals surface area (Å²) in [5, 5.41) is 5.07. The minimum Gasteiger partial charge on any atom is -0.497 e. The van der Waals surface area contributed by atoms with E-state index in [1.165, 1.54) is 0 Å². The van der Waals surface area contributed by atoms with Crippen LogP contribution in [0.1, 0.15) is 20.8 Å². The molecule has 0 saturated carbocycles. The lowest BCUT2D eigenvalue weighted by Crippen LogP contribution is -2.55. The number of rotatable bonds is 5. The SMILES string of the molecule is COc1ccc(N2CCN([C@@H](C)C(=O)NC(=O)NC(C)C)CC2)cc1. The number of carbonyl (C=O) groups is 2. The second-order valence-corrected chi connectivity index (χ2v) is 6.51. The van der Waals surface area contributed by atoms with E-state index in [-0.39, 0.29) is 18.0 Å². The van der Waals surface area contributed by atoms with Crippen LogP contribution < -0.4 is 20.3 Å². The van der Waals surface area contributed by atoms with Gasteiger partial charge in [0.05, 0.1) is 13.2 Å². The minimum atomic E-state index is -0.441. The van der Waals surface area contributed by atoms with Crippen LogP contribution in [0.4, 0.5) is 10.5 Å². The molecule has 1 aromatic carbocycles. The van der Waals surface area contributed by atoms with Gasteiger partial charge in [-0.3, -0.25) is 15.0 Å². The van der Waals surface area contributed by atoms with Crippen LogP contribution in [0.3, 0.4) is 0 Å². The number of benzene rings is 1. The van der Waals surface area contributed by atoms with E-state index >= 15 is 0 Å². The van der Waals surface area contributed by atoms with Gasteiger partial charge in [0.15, 0.2) is 0 Å². The van der Waals surface area contributed by atoms with Crippen molar-refractivity contribution < 1.29 is 14.3 Å². The number of urea groups is 1. The van der Waals surface area contributed by atoms with Crippen LogP contribution in [0.2, 0.25) is 0 Å². The maximum atomic E-state index is 12.2. The van der Waals surface area contributed by atoms with E-state index in [2.05, 4.69) is 20.4 Å². The van der Waals surface area contributed by atoms with Crippen molar-refractivity contribution in [2.75, 3.05) is 38.2 Å². The Balaban J connectivity index is 1.83. The van der Waals surface area contributed by atoms with E-state index in [4.69, 9.17) is 4.74 Å². The van der Waals surface area contributed by atoms with Crippen molar-refractivity contribution in [1.82, 2.24) is 15.5 Å². The summed E-state index contributed by atoms with van der Waals surface area (Å²) in [6, 6.07) is 7.20. The lowest BCUT2D eigenvalue weighted by Gasteiger charge is -2.38. The molecule has 0 aromatic heterocycles. The van der Waals surface area contributed by atoms with Gasteiger partial charge in [-0.15, -0.1) is 0 Å². The molecule has 0 aliphatic carbocycles. The number of nitrogens with zero attached hydrogens (tertiary/aromatic N) is 2. The topological polar surface area (TPSA) is 73.9 Å². The Kier molecular flexibility index (Phi) is 6.64. The molecule has 2 rings (SSSR count). The fraction of sp³-hybridized carbons (Fsp3) is 0.556. The standard InChI is InChI=1S/C18H28N4O3/c1-13(2)19-18(24)20-17(23)14(3)21-9-11-22(12-10-21)15-5-7-16(25-4)8-6-15/h5-8,13-14H,9-12H2,1-4H3,(H2,19,20,23,24)/t14-/m0/s1. The van der Waals surface area contributed by atoms with Gasteiger partial charge in [0, 0.05) is 37.9 Å². The molecule has 7 heteroatoms. The molecule has 1 aliphatic heterocycles. The quantitative estimate of drug-likeness (QED) is 0.842. The van der Waals surface area contributed by atoms with Crippen LogP contribution in [0.25, 0.3) is 0 Å². The third-order valence-corrected chi connectivity index (χ3v) is 4.34. The number of anilines is 1. The lowest BCUT2D eigenvalue weighted by atomic mass is 10.2. The minimum absolute atomic E-state index is 0.00357. The summed E-state index contributed by atoms with van der Waals surface area (Å²) in [6.07, 6.45) is 0. The smallest absolute Gasteiger partial charge is 0.321 e. The molecular weight excluding hydrogens is 320 g/mol. The van der Waals surface area contributed by atoms with Crippen molar-refractivity contribution >= 4 is 17.6 Å². The summed E-state index contributed by atoms with van der Waals surface area (Å²) < 4.78 is 5.18. The maximum Gasteiger partial charge on any atom is 0.321 e. The molecule has 25 heavy (non-hydrogen) atoms. The Hall–Kier alpha value is -2.28.